The van der Waals surface area contributed by atoms with E-state index in [2.05, 4.69) is 36.2 Å². The summed E-state index contributed by atoms with van der Waals surface area (Å²) < 4.78 is 0. The van der Waals surface area contributed by atoms with Crippen molar-refractivity contribution in [2.75, 3.05) is 5.75 Å². The van der Waals surface area contributed by atoms with E-state index < -0.39 is 0 Å². The Bertz CT molecular complexity index is 426. The van der Waals surface area contributed by atoms with Gasteiger partial charge < -0.3 is 0 Å². The molecule has 2 rings (SSSR count). The average Bonchev–Trinajstić information content (AvgIpc) is 2.31. The first-order valence-corrected chi connectivity index (χ1v) is 6.03. The minimum Gasteiger partial charge on any atom is -0.256 e. The van der Waals surface area contributed by atoms with Gasteiger partial charge in [0.1, 0.15) is 0 Å². The van der Waals surface area contributed by atoms with Gasteiger partial charge in [-0.2, -0.15) is 0 Å². The molecule has 0 unspecified atom stereocenters. The zero-order valence-electron chi connectivity index (χ0n) is 8.68. The molecular formula is C13H13NS. The molecule has 0 spiro atoms. The first-order chi connectivity index (χ1) is 7.40. The number of pyridine rings is 1. The number of hydrogen-bond donors (Lipinski definition) is 0. The monoisotopic (exact) mass is 215 g/mol. The second kappa shape index (κ2) is 4.99. The fraction of sp³-hybridized carbons (Fsp3) is 0.154. The summed E-state index contributed by atoms with van der Waals surface area (Å²) in [5, 5.41) is 0. The second-order valence-electron chi connectivity index (χ2n) is 3.18. The topological polar surface area (TPSA) is 12.9 Å². The second-order valence-corrected chi connectivity index (χ2v) is 4.51. The average molecular weight is 215 g/mol. The molecule has 1 nitrogen and oxygen atoms in total. The van der Waals surface area contributed by atoms with Crippen molar-refractivity contribution in [2.24, 2.45) is 0 Å². The number of rotatable bonds is 3. The van der Waals surface area contributed by atoms with Crippen molar-refractivity contribution >= 4 is 11.8 Å². The standard InChI is InChI=1S/C13H13NS/c1-2-15-12-7-5-6-11(10-12)13-8-3-4-9-14-13/h3-10H,2H2,1H3. The van der Waals surface area contributed by atoms with Gasteiger partial charge in [-0.05, 0) is 30.0 Å². The molecule has 0 saturated carbocycles. The maximum atomic E-state index is 4.34. The van der Waals surface area contributed by atoms with Crippen LogP contribution in [0, 0.1) is 0 Å². The lowest BCUT2D eigenvalue weighted by Crippen LogP contribution is -1.82. The number of nitrogens with zero attached hydrogens (tertiary/aromatic N) is 1. The van der Waals surface area contributed by atoms with Crippen LogP contribution in [0.3, 0.4) is 0 Å². The lowest BCUT2D eigenvalue weighted by molar-refractivity contribution is 1.31. The van der Waals surface area contributed by atoms with Crippen LogP contribution in [0.5, 0.6) is 0 Å². The summed E-state index contributed by atoms with van der Waals surface area (Å²) in [5.74, 6) is 1.10. The van der Waals surface area contributed by atoms with Gasteiger partial charge in [0, 0.05) is 16.7 Å². The Kier molecular flexibility index (Phi) is 3.41. The maximum Gasteiger partial charge on any atom is 0.0702 e. The van der Waals surface area contributed by atoms with E-state index in [1.807, 2.05) is 36.2 Å². The molecule has 1 heterocycles. The van der Waals surface area contributed by atoms with Crippen molar-refractivity contribution in [3.63, 3.8) is 0 Å². The molecule has 2 heteroatoms. The third-order valence-corrected chi connectivity index (χ3v) is 2.98. The fourth-order valence-corrected chi connectivity index (χ4v) is 2.16. The minimum absolute atomic E-state index is 1.04. The summed E-state index contributed by atoms with van der Waals surface area (Å²) >= 11 is 1.86. The summed E-state index contributed by atoms with van der Waals surface area (Å²) in [6, 6.07) is 14.5. The minimum atomic E-state index is 1.04. The molecule has 0 bridgehead atoms. The van der Waals surface area contributed by atoms with E-state index in [4.69, 9.17) is 0 Å². The number of thioether (sulfide) groups is 1. The van der Waals surface area contributed by atoms with Gasteiger partial charge in [-0.15, -0.1) is 11.8 Å². The summed E-state index contributed by atoms with van der Waals surface area (Å²) in [5.41, 5.74) is 2.23. The maximum absolute atomic E-state index is 4.34. The normalized spacial score (nSPS) is 10.2. The number of benzene rings is 1. The Hall–Kier alpha value is -1.28. The van der Waals surface area contributed by atoms with Crippen LogP contribution in [-0.4, -0.2) is 10.7 Å². The van der Waals surface area contributed by atoms with Gasteiger partial charge in [0.05, 0.1) is 5.69 Å². The summed E-state index contributed by atoms with van der Waals surface area (Å²) in [4.78, 5) is 5.65. The van der Waals surface area contributed by atoms with Gasteiger partial charge in [0.15, 0.2) is 0 Å². The van der Waals surface area contributed by atoms with E-state index in [-0.39, 0.29) is 0 Å². The van der Waals surface area contributed by atoms with Crippen molar-refractivity contribution < 1.29 is 0 Å². The molecule has 0 aliphatic rings. The Morgan fingerprint density at radius 2 is 2.07 bits per heavy atom. The van der Waals surface area contributed by atoms with E-state index in [0.717, 1.165) is 11.4 Å². The van der Waals surface area contributed by atoms with E-state index in [1.165, 1.54) is 10.5 Å². The first kappa shape index (κ1) is 10.2. The van der Waals surface area contributed by atoms with Crippen LogP contribution >= 0.6 is 11.8 Å². The molecule has 1 aromatic carbocycles. The molecule has 0 aliphatic heterocycles. The largest absolute Gasteiger partial charge is 0.256 e. The highest BCUT2D eigenvalue weighted by molar-refractivity contribution is 7.99. The van der Waals surface area contributed by atoms with Crippen molar-refractivity contribution in [3.05, 3.63) is 48.7 Å². The molecule has 1 aromatic heterocycles. The Labute approximate surface area is 94.6 Å². The molecule has 76 valence electrons. The Morgan fingerprint density at radius 3 is 2.80 bits per heavy atom. The highest BCUT2D eigenvalue weighted by atomic mass is 32.2. The van der Waals surface area contributed by atoms with Crippen molar-refractivity contribution in [1.29, 1.82) is 0 Å². The van der Waals surface area contributed by atoms with Crippen LogP contribution in [0.25, 0.3) is 11.3 Å². The molecule has 0 radical (unpaired) electrons. The van der Waals surface area contributed by atoms with E-state index >= 15 is 0 Å². The third kappa shape index (κ3) is 2.60. The molecule has 0 saturated heterocycles. The highest BCUT2D eigenvalue weighted by Crippen LogP contribution is 2.23. The summed E-state index contributed by atoms with van der Waals surface area (Å²) in [7, 11) is 0. The predicted molar refractivity (Wildman–Crippen MR) is 66.1 cm³/mol. The zero-order chi connectivity index (χ0) is 10.5. The van der Waals surface area contributed by atoms with Gasteiger partial charge in [-0.3, -0.25) is 4.98 Å². The molecule has 15 heavy (non-hydrogen) atoms. The van der Waals surface area contributed by atoms with Crippen LogP contribution in [-0.2, 0) is 0 Å². The van der Waals surface area contributed by atoms with Crippen molar-refractivity contribution in [2.45, 2.75) is 11.8 Å². The smallest absolute Gasteiger partial charge is 0.0702 e. The van der Waals surface area contributed by atoms with Crippen LogP contribution in [0.15, 0.2) is 53.6 Å². The van der Waals surface area contributed by atoms with Crippen LogP contribution in [0.1, 0.15) is 6.92 Å². The zero-order valence-corrected chi connectivity index (χ0v) is 9.50. The SMILES string of the molecule is CCSc1cccc(-c2ccccn2)c1. The summed E-state index contributed by atoms with van der Waals surface area (Å²) in [6.07, 6.45) is 1.83. The molecule has 0 N–H and O–H groups in total. The molecule has 0 amide bonds. The lowest BCUT2D eigenvalue weighted by atomic mass is 10.1. The van der Waals surface area contributed by atoms with Gasteiger partial charge >= 0.3 is 0 Å². The van der Waals surface area contributed by atoms with Crippen LogP contribution in [0.2, 0.25) is 0 Å². The van der Waals surface area contributed by atoms with E-state index in [9.17, 15) is 0 Å². The van der Waals surface area contributed by atoms with Crippen molar-refractivity contribution in [3.8, 4) is 11.3 Å². The Balaban J connectivity index is 2.33. The first-order valence-electron chi connectivity index (χ1n) is 5.04. The van der Waals surface area contributed by atoms with E-state index in [1.54, 1.807) is 0 Å². The predicted octanol–water partition coefficient (Wildman–Crippen LogP) is 3.86. The van der Waals surface area contributed by atoms with Crippen molar-refractivity contribution in [1.82, 2.24) is 4.98 Å². The number of aromatic nitrogens is 1. The molecule has 0 fully saturated rings. The van der Waals surface area contributed by atoms with Gasteiger partial charge in [-0.1, -0.05) is 25.1 Å². The quantitative estimate of drug-likeness (QED) is 0.721. The third-order valence-electron chi connectivity index (χ3n) is 2.11. The van der Waals surface area contributed by atoms with Gasteiger partial charge in [0.2, 0.25) is 0 Å². The molecule has 2 aromatic rings. The number of hydrogen-bond acceptors (Lipinski definition) is 2. The lowest BCUT2D eigenvalue weighted by Gasteiger charge is -2.03. The molecule has 0 aliphatic carbocycles. The van der Waals surface area contributed by atoms with Crippen LogP contribution in [0.4, 0.5) is 0 Å². The van der Waals surface area contributed by atoms with Crippen LogP contribution < -0.4 is 0 Å². The van der Waals surface area contributed by atoms with E-state index in [0.29, 0.717) is 0 Å². The Morgan fingerprint density at radius 1 is 1.13 bits per heavy atom. The summed E-state index contributed by atoms with van der Waals surface area (Å²) in [6.45, 7) is 2.16. The fourth-order valence-electron chi connectivity index (χ4n) is 1.45. The highest BCUT2D eigenvalue weighted by Gasteiger charge is 1.99. The molecular weight excluding hydrogens is 202 g/mol. The van der Waals surface area contributed by atoms with Gasteiger partial charge in [0.25, 0.3) is 0 Å². The van der Waals surface area contributed by atoms with Gasteiger partial charge in [-0.25, -0.2) is 0 Å². The molecule has 0 atom stereocenters.